The van der Waals surface area contributed by atoms with Crippen molar-refractivity contribution < 1.29 is 9.53 Å². The van der Waals surface area contributed by atoms with Gasteiger partial charge in [0.25, 0.3) is 5.91 Å². The SMILES string of the molecule is CC1CCCCC1Oc1cc(N)ccc1C(N)=O. The van der Waals surface area contributed by atoms with Gasteiger partial charge in [0, 0.05) is 11.8 Å². The van der Waals surface area contributed by atoms with Crippen LogP contribution in [0.3, 0.4) is 0 Å². The lowest BCUT2D eigenvalue weighted by molar-refractivity contribution is 0.0934. The van der Waals surface area contributed by atoms with Crippen LogP contribution in [0.1, 0.15) is 43.0 Å². The number of carbonyl (C=O) groups excluding carboxylic acids is 1. The highest BCUT2D eigenvalue weighted by molar-refractivity contribution is 5.96. The van der Waals surface area contributed by atoms with Gasteiger partial charge in [0.2, 0.25) is 0 Å². The van der Waals surface area contributed by atoms with Crippen LogP contribution in [0.5, 0.6) is 5.75 Å². The third kappa shape index (κ3) is 2.75. The molecule has 1 saturated carbocycles. The standard InChI is InChI=1S/C14H20N2O2/c1-9-4-2-3-5-12(9)18-13-8-10(15)6-7-11(13)14(16)17/h6-9,12H,2-5,15H2,1H3,(H2,16,17). The van der Waals surface area contributed by atoms with Gasteiger partial charge < -0.3 is 16.2 Å². The quantitative estimate of drug-likeness (QED) is 0.806. The Morgan fingerprint density at radius 1 is 1.33 bits per heavy atom. The first-order valence-electron chi connectivity index (χ1n) is 6.44. The summed E-state index contributed by atoms with van der Waals surface area (Å²) in [5.41, 5.74) is 12.1. The average Bonchev–Trinajstić information content (AvgIpc) is 2.32. The van der Waals surface area contributed by atoms with E-state index in [0.717, 1.165) is 6.42 Å². The molecular formula is C14H20N2O2. The largest absolute Gasteiger partial charge is 0.489 e. The number of primary amides is 1. The first-order chi connectivity index (χ1) is 8.58. The fraction of sp³-hybridized carbons (Fsp3) is 0.500. The number of carbonyl (C=O) groups is 1. The van der Waals surface area contributed by atoms with E-state index >= 15 is 0 Å². The molecule has 1 aromatic rings. The molecule has 0 bridgehead atoms. The summed E-state index contributed by atoms with van der Waals surface area (Å²) in [6, 6.07) is 4.97. The van der Waals surface area contributed by atoms with Crippen molar-refractivity contribution in [1.29, 1.82) is 0 Å². The summed E-state index contributed by atoms with van der Waals surface area (Å²) in [6.07, 6.45) is 4.76. The normalized spacial score (nSPS) is 23.6. The Morgan fingerprint density at radius 2 is 2.06 bits per heavy atom. The summed E-state index contributed by atoms with van der Waals surface area (Å²) in [6.45, 7) is 2.18. The van der Waals surface area contributed by atoms with Gasteiger partial charge in [-0.15, -0.1) is 0 Å². The minimum atomic E-state index is -0.478. The molecule has 2 atom stereocenters. The Hall–Kier alpha value is -1.71. The number of hydrogen-bond acceptors (Lipinski definition) is 3. The van der Waals surface area contributed by atoms with Crippen molar-refractivity contribution >= 4 is 11.6 Å². The van der Waals surface area contributed by atoms with Crippen LogP contribution in [-0.2, 0) is 0 Å². The molecule has 1 aromatic carbocycles. The van der Waals surface area contributed by atoms with Crippen LogP contribution in [-0.4, -0.2) is 12.0 Å². The van der Waals surface area contributed by atoms with Crippen LogP contribution in [0.2, 0.25) is 0 Å². The van der Waals surface area contributed by atoms with Crippen LogP contribution in [0, 0.1) is 5.92 Å². The van der Waals surface area contributed by atoms with E-state index in [-0.39, 0.29) is 6.10 Å². The van der Waals surface area contributed by atoms with Gasteiger partial charge in [-0.05, 0) is 37.3 Å². The van der Waals surface area contributed by atoms with Crippen molar-refractivity contribution in [2.24, 2.45) is 11.7 Å². The highest BCUT2D eigenvalue weighted by Crippen LogP contribution is 2.30. The molecule has 0 spiro atoms. The van der Waals surface area contributed by atoms with Gasteiger partial charge in [-0.25, -0.2) is 0 Å². The zero-order valence-electron chi connectivity index (χ0n) is 10.7. The zero-order chi connectivity index (χ0) is 13.1. The predicted molar refractivity (Wildman–Crippen MR) is 71.4 cm³/mol. The van der Waals surface area contributed by atoms with E-state index in [4.69, 9.17) is 16.2 Å². The minimum Gasteiger partial charge on any atom is -0.489 e. The van der Waals surface area contributed by atoms with Crippen molar-refractivity contribution in [3.63, 3.8) is 0 Å². The molecule has 4 nitrogen and oxygen atoms in total. The molecule has 0 aliphatic heterocycles. The Labute approximate surface area is 107 Å². The number of hydrogen-bond donors (Lipinski definition) is 2. The number of nitrogen functional groups attached to an aromatic ring is 1. The van der Waals surface area contributed by atoms with E-state index in [9.17, 15) is 4.79 Å². The molecule has 98 valence electrons. The lowest BCUT2D eigenvalue weighted by Gasteiger charge is -2.29. The maximum atomic E-state index is 11.4. The molecule has 4 heteroatoms. The predicted octanol–water partition coefficient (Wildman–Crippen LogP) is 2.33. The first-order valence-corrected chi connectivity index (χ1v) is 6.44. The zero-order valence-corrected chi connectivity index (χ0v) is 10.7. The van der Waals surface area contributed by atoms with Gasteiger partial charge in [0.05, 0.1) is 5.56 Å². The molecule has 2 rings (SSSR count). The second kappa shape index (κ2) is 5.29. The third-order valence-corrected chi connectivity index (χ3v) is 3.58. The molecule has 1 amide bonds. The van der Waals surface area contributed by atoms with Gasteiger partial charge in [0.15, 0.2) is 0 Å². The lowest BCUT2D eigenvalue weighted by atomic mass is 9.88. The van der Waals surface area contributed by atoms with E-state index in [0.29, 0.717) is 22.9 Å². The summed E-state index contributed by atoms with van der Waals surface area (Å²) < 4.78 is 5.96. The second-order valence-electron chi connectivity index (χ2n) is 5.04. The summed E-state index contributed by atoms with van der Waals surface area (Å²) in [7, 11) is 0. The van der Waals surface area contributed by atoms with Crippen LogP contribution in [0.15, 0.2) is 18.2 Å². The molecule has 0 aromatic heterocycles. The molecule has 0 radical (unpaired) electrons. The first kappa shape index (κ1) is 12.7. The van der Waals surface area contributed by atoms with Gasteiger partial charge in [-0.3, -0.25) is 4.79 Å². The number of rotatable bonds is 3. The highest BCUT2D eigenvalue weighted by atomic mass is 16.5. The van der Waals surface area contributed by atoms with Crippen LogP contribution >= 0.6 is 0 Å². The maximum Gasteiger partial charge on any atom is 0.252 e. The number of anilines is 1. The van der Waals surface area contributed by atoms with Crippen LogP contribution in [0.4, 0.5) is 5.69 Å². The van der Waals surface area contributed by atoms with Crippen molar-refractivity contribution in [2.45, 2.75) is 38.7 Å². The monoisotopic (exact) mass is 248 g/mol. The van der Waals surface area contributed by atoms with Gasteiger partial charge in [0.1, 0.15) is 11.9 Å². The molecule has 2 unspecified atom stereocenters. The maximum absolute atomic E-state index is 11.4. The molecule has 0 heterocycles. The fourth-order valence-electron chi connectivity index (χ4n) is 2.46. The number of amides is 1. The Kier molecular flexibility index (Phi) is 3.75. The van der Waals surface area contributed by atoms with E-state index in [2.05, 4.69) is 6.92 Å². The van der Waals surface area contributed by atoms with Crippen LogP contribution < -0.4 is 16.2 Å². The van der Waals surface area contributed by atoms with E-state index < -0.39 is 5.91 Å². The second-order valence-corrected chi connectivity index (χ2v) is 5.04. The summed E-state index contributed by atoms with van der Waals surface area (Å²) in [5, 5.41) is 0. The molecule has 1 aliphatic carbocycles. The van der Waals surface area contributed by atoms with E-state index in [1.165, 1.54) is 19.3 Å². The number of ether oxygens (including phenoxy) is 1. The highest BCUT2D eigenvalue weighted by Gasteiger charge is 2.24. The Bertz CT molecular complexity index is 445. The smallest absolute Gasteiger partial charge is 0.252 e. The number of nitrogens with two attached hydrogens (primary N) is 2. The van der Waals surface area contributed by atoms with Gasteiger partial charge >= 0.3 is 0 Å². The Morgan fingerprint density at radius 3 is 2.72 bits per heavy atom. The van der Waals surface area contributed by atoms with Crippen molar-refractivity contribution in [3.05, 3.63) is 23.8 Å². The topological polar surface area (TPSA) is 78.3 Å². The summed E-state index contributed by atoms with van der Waals surface area (Å²) >= 11 is 0. The molecule has 4 N–H and O–H groups in total. The molecule has 1 aliphatic rings. The molecule has 18 heavy (non-hydrogen) atoms. The summed E-state index contributed by atoms with van der Waals surface area (Å²) in [5.74, 6) is 0.538. The minimum absolute atomic E-state index is 0.152. The molecular weight excluding hydrogens is 228 g/mol. The molecule has 1 fully saturated rings. The fourth-order valence-corrected chi connectivity index (χ4v) is 2.46. The van der Waals surface area contributed by atoms with E-state index in [1.54, 1.807) is 18.2 Å². The van der Waals surface area contributed by atoms with Crippen molar-refractivity contribution in [2.75, 3.05) is 5.73 Å². The van der Waals surface area contributed by atoms with Crippen molar-refractivity contribution in [3.8, 4) is 5.75 Å². The van der Waals surface area contributed by atoms with Gasteiger partial charge in [-0.1, -0.05) is 13.3 Å². The number of benzene rings is 1. The Balaban J connectivity index is 2.21. The molecule has 0 saturated heterocycles. The van der Waals surface area contributed by atoms with Gasteiger partial charge in [-0.2, -0.15) is 0 Å². The average molecular weight is 248 g/mol. The summed E-state index contributed by atoms with van der Waals surface area (Å²) in [4.78, 5) is 11.4. The third-order valence-electron chi connectivity index (χ3n) is 3.58. The van der Waals surface area contributed by atoms with Crippen molar-refractivity contribution in [1.82, 2.24) is 0 Å². The lowest BCUT2D eigenvalue weighted by Crippen LogP contribution is -2.29. The van der Waals surface area contributed by atoms with E-state index in [1.807, 2.05) is 0 Å². The van der Waals surface area contributed by atoms with Crippen LogP contribution in [0.25, 0.3) is 0 Å².